The summed E-state index contributed by atoms with van der Waals surface area (Å²) in [4.78, 5) is 25.2. The Morgan fingerprint density at radius 3 is 1.59 bits per heavy atom. The van der Waals surface area contributed by atoms with Gasteiger partial charge in [0.2, 0.25) is 0 Å². The van der Waals surface area contributed by atoms with E-state index in [0.717, 1.165) is 44.5 Å². The van der Waals surface area contributed by atoms with Crippen molar-refractivity contribution in [3.05, 3.63) is 179 Å². The van der Waals surface area contributed by atoms with E-state index in [1.165, 1.54) is 0 Å². The van der Waals surface area contributed by atoms with Gasteiger partial charge >= 0.3 is 12.1 Å². The molecule has 5 heteroatoms. The Bertz CT molecular complexity index is 1680. The Labute approximate surface area is 270 Å². The number of ether oxygens (including phenoxy) is 1. The van der Waals surface area contributed by atoms with E-state index < -0.39 is 23.5 Å². The first kappa shape index (κ1) is 30.6. The van der Waals surface area contributed by atoms with Crippen LogP contribution in [0.4, 0.5) is 4.79 Å². The molecule has 0 spiro atoms. The lowest BCUT2D eigenvalue weighted by Crippen LogP contribution is -2.41. The van der Waals surface area contributed by atoms with Crippen LogP contribution in [0.3, 0.4) is 0 Å². The molecule has 1 aliphatic carbocycles. The van der Waals surface area contributed by atoms with E-state index in [-0.39, 0.29) is 18.9 Å². The molecule has 0 saturated carbocycles. The Morgan fingerprint density at radius 2 is 1.13 bits per heavy atom. The Balaban J connectivity index is 1.15. The number of hydrogen-bond acceptors (Lipinski definition) is 3. The van der Waals surface area contributed by atoms with Crippen LogP contribution in [-0.2, 0) is 14.9 Å². The molecule has 5 aromatic carbocycles. The molecule has 0 unspecified atom stereocenters. The van der Waals surface area contributed by atoms with Crippen molar-refractivity contribution in [2.24, 2.45) is 0 Å². The molecule has 230 valence electrons. The number of fused-ring (bicyclic) bond motifs is 3. The van der Waals surface area contributed by atoms with Gasteiger partial charge in [-0.15, -0.1) is 0 Å². The quantitative estimate of drug-likeness (QED) is 0.110. The number of carboxylic acid groups (broad SMARTS) is 1. The number of nitrogens with one attached hydrogen (secondary N) is 1. The van der Waals surface area contributed by atoms with Gasteiger partial charge in [0.25, 0.3) is 0 Å². The molecule has 5 nitrogen and oxygen atoms in total. The van der Waals surface area contributed by atoms with Crippen LogP contribution < -0.4 is 5.32 Å². The summed E-state index contributed by atoms with van der Waals surface area (Å²) in [5, 5.41) is 12.6. The molecule has 0 aliphatic heterocycles. The van der Waals surface area contributed by atoms with Gasteiger partial charge in [-0.25, -0.2) is 9.59 Å². The van der Waals surface area contributed by atoms with Crippen molar-refractivity contribution in [3.8, 4) is 11.1 Å². The highest BCUT2D eigenvalue weighted by Gasteiger charge is 2.37. The van der Waals surface area contributed by atoms with Crippen molar-refractivity contribution in [2.45, 2.75) is 36.6 Å². The lowest BCUT2D eigenvalue weighted by molar-refractivity contribution is -0.139. The number of hydrogen-bond donors (Lipinski definition) is 2. The third-order valence-electron chi connectivity index (χ3n) is 9.04. The summed E-state index contributed by atoms with van der Waals surface area (Å²) in [5.41, 5.74) is 8.19. The molecule has 2 N–H and O–H groups in total. The average Bonchev–Trinajstić information content (AvgIpc) is 3.42. The summed E-state index contributed by atoms with van der Waals surface area (Å²) in [6.45, 7) is 4.54. The summed E-state index contributed by atoms with van der Waals surface area (Å²) in [6, 6.07) is 46.1. The number of amides is 1. The molecule has 0 fully saturated rings. The van der Waals surface area contributed by atoms with Crippen molar-refractivity contribution in [3.63, 3.8) is 0 Å². The van der Waals surface area contributed by atoms with Gasteiger partial charge in [0.15, 0.2) is 0 Å². The minimum atomic E-state index is -1.12. The molecule has 5 aromatic rings. The summed E-state index contributed by atoms with van der Waals surface area (Å²) in [5.74, 6) is -1.22. The maximum atomic E-state index is 12.9. The zero-order valence-electron chi connectivity index (χ0n) is 25.6. The molecule has 0 radical (unpaired) electrons. The molecule has 6 rings (SSSR count). The van der Waals surface area contributed by atoms with E-state index in [2.05, 4.69) is 60.4 Å². The first-order valence-corrected chi connectivity index (χ1v) is 15.6. The van der Waals surface area contributed by atoms with Crippen LogP contribution in [0.15, 0.2) is 152 Å². The first-order chi connectivity index (χ1) is 22.5. The van der Waals surface area contributed by atoms with Crippen molar-refractivity contribution in [2.75, 3.05) is 6.61 Å². The van der Waals surface area contributed by atoms with Gasteiger partial charge < -0.3 is 15.2 Å². The minimum absolute atomic E-state index is 0.108. The van der Waals surface area contributed by atoms with Crippen LogP contribution in [0.2, 0.25) is 0 Å². The van der Waals surface area contributed by atoms with Crippen LogP contribution in [0.5, 0.6) is 0 Å². The number of rotatable bonds is 12. The number of alkyl carbamates (subject to hydrolysis) is 1. The minimum Gasteiger partial charge on any atom is -0.480 e. The largest absolute Gasteiger partial charge is 0.480 e. The van der Waals surface area contributed by atoms with Crippen molar-refractivity contribution < 1.29 is 19.4 Å². The Morgan fingerprint density at radius 1 is 0.696 bits per heavy atom. The summed E-state index contributed by atoms with van der Waals surface area (Å²) in [7, 11) is 0. The van der Waals surface area contributed by atoms with Gasteiger partial charge in [-0.3, -0.25) is 0 Å². The van der Waals surface area contributed by atoms with Gasteiger partial charge in [0.05, 0.1) is 0 Å². The highest BCUT2D eigenvalue weighted by molar-refractivity contribution is 5.81. The fourth-order valence-corrected chi connectivity index (χ4v) is 6.83. The number of carboxylic acids is 1. The van der Waals surface area contributed by atoms with Crippen LogP contribution in [0.25, 0.3) is 11.1 Å². The number of benzene rings is 5. The van der Waals surface area contributed by atoms with E-state index in [4.69, 9.17) is 4.74 Å². The monoisotopic (exact) mass is 607 g/mol. The fourth-order valence-electron chi connectivity index (χ4n) is 6.83. The predicted octanol–water partition coefficient (Wildman–Crippen LogP) is 8.74. The van der Waals surface area contributed by atoms with Crippen LogP contribution >= 0.6 is 0 Å². The molecule has 46 heavy (non-hydrogen) atoms. The molecule has 1 atom stereocenters. The van der Waals surface area contributed by atoms with Crippen LogP contribution in [-0.4, -0.2) is 29.8 Å². The third-order valence-corrected chi connectivity index (χ3v) is 9.04. The number of aliphatic carboxylic acids is 1. The average molecular weight is 608 g/mol. The van der Waals surface area contributed by atoms with Gasteiger partial charge in [-0.05, 0) is 58.2 Å². The van der Waals surface area contributed by atoms with E-state index in [1.807, 2.05) is 91.0 Å². The zero-order chi connectivity index (χ0) is 31.9. The van der Waals surface area contributed by atoms with E-state index >= 15 is 0 Å². The molecule has 0 bridgehead atoms. The SMILES string of the molecule is C=C(CC[C@H](NC(=O)OCC1c2ccccc2-c2ccccc21)C(=O)O)CC(c1ccccc1)(c1ccccc1)c1ccccc1. The molecule has 0 aromatic heterocycles. The van der Waals surface area contributed by atoms with Gasteiger partial charge in [-0.1, -0.05) is 152 Å². The summed E-state index contributed by atoms with van der Waals surface area (Å²) < 4.78 is 5.65. The van der Waals surface area contributed by atoms with E-state index in [0.29, 0.717) is 12.8 Å². The van der Waals surface area contributed by atoms with Crippen molar-refractivity contribution >= 4 is 12.1 Å². The van der Waals surface area contributed by atoms with E-state index in [9.17, 15) is 14.7 Å². The molecular weight excluding hydrogens is 570 g/mol. The lowest BCUT2D eigenvalue weighted by Gasteiger charge is -2.37. The van der Waals surface area contributed by atoms with Crippen molar-refractivity contribution in [1.82, 2.24) is 5.32 Å². The molecule has 0 saturated heterocycles. The Hall–Kier alpha value is -5.42. The molecule has 1 aliphatic rings. The van der Waals surface area contributed by atoms with Gasteiger partial charge in [0.1, 0.15) is 12.6 Å². The number of allylic oxidation sites excluding steroid dienone is 1. The van der Waals surface area contributed by atoms with E-state index in [1.54, 1.807) is 0 Å². The highest BCUT2D eigenvalue weighted by Crippen LogP contribution is 2.45. The topological polar surface area (TPSA) is 75.6 Å². The van der Waals surface area contributed by atoms with Crippen molar-refractivity contribution in [1.29, 1.82) is 0 Å². The van der Waals surface area contributed by atoms with Crippen LogP contribution in [0, 0.1) is 0 Å². The second-order valence-corrected chi connectivity index (χ2v) is 11.8. The smallest absolute Gasteiger partial charge is 0.407 e. The number of carbonyl (C=O) groups is 2. The number of carbonyl (C=O) groups excluding carboxylic acids is 1. The Kier molecular flexibility index (Phi) is 9.11. The maximum Gasteiger partial charge on any atom is 0.407 e. The molecule has 1 amide bonds. The normalized spacial score (nSPS) is 12.9. The van der Waals surface area contributed by atoms with Crippen LogP contribution in [0.1, 0.15) is 53.0 Å². The third kappa shape index (κ3) is 6.22. The standard InChI is InChI=1S/C41H37NO4/c1-29(27-41(30-15-5-2-6-16-30,31-17-7-3-8-18-31)32-19-9-4-10-20-32)25-26-38(39(43)44)42-40(45)46-28-37-35-23-13-11-21-33(35)34-22-12-14-24-36(34)37/h2-24,37-38H,1,25-28H2,(H,42,45)(H,43,44)/t38-/m0/s1. The lowest BCUT2D eigenvalue weighted by atomic mass is 9.65. The predicted molar refractivity (Wildman–Crippen MR) is 182 cm³/mol. The molecular formula is C41H37NO4. The van der Waals surface area contributed by atoms with Gasteiger partial charge in [-0.2, -0.15) is 0 Å². The summed E-state index contributed by atoms with van der Waals surface area (Å²) >= 11 is 0. The summed E-state index contributed by atoms with van der Waals surface area (Å²) in [6.07, 6.45) is 0.427. The maximum absolute atomic E-state index is 12.9. The first-order valence-electron chi connectivity index (χ1n) is 15.6. The second kappa shape index (κ2) is 13.7. The zero-order valence-corrected chi connectivity index (χ0v) is 25.6. The van der Waals surface area contributed by atoms with Gasteiger partial charge in [0, 0.05) is 11.3 Å². The highest BCUT2D eigenvalue weighted by atomic mass is 16.5. The fraction of sp³-hybridized carbons (Fsp3) is 0.171. The molecule has 0 heterocycles. The second-order valence-electron chi connectivity index (χ2n) is 11.8.